The van der Waals surface area contributed by atoms with Gasteiger partial charge in [-0.15, -0.1) is 5.10 Å². The Labute approximate surface area is 181 Å². The Morgan fingerprint density at radius 3 is 2.52 bits per heavy atom. The van der Waals surface area contributed by atoms with Gasteiger partial charge in [0.1, 0.15) is 11.9 Å². The van der Waals surface area contributed by atoms with E-state index in [9.17, 15) is 4.39 Å². The maximum atomic E-state index is 14.9. The number of halogens is 1. The predicted octanol–water partition coefficient (Wildman–Crippen LogP) is 2.90. The number of piperazine rings is 1. The number of anilines is 1. The Bertz CT molecular complexity index is 982. The summed E-state index contributed by atoms with van der Waals surface area (Å²) >= 11 is 0. The molecule has 0 N–H and O–H groups in total. The molecular formula is C23H27FN6O. The molecule has 1 aromatic heterocycles. The van der Waals surface area contributed by atoms with E-state index < -0.39 is 0 Å². The normalized spacial score (nSPS) is 20.8. The summed E-state index contributed by atoms with van der Waals surface area (Å²) < 4.78 is 22.5. The summed E-state index contributed by atoms with van der Waals surface area (Å²) in [6, 6.07) is 17.0. The summed E-state index contributed by atoms with van der Waals surface area (Å²) in [6.07, 6.45) is 2.16. The average Bonchev–Trinajstić information content (AvgIpc) is 3.49. The lowest BCUT2D eigenvalue weighted by molar-refractivity contribution is 0.0906. The van der Waals surface area contributed by atoms with Crippen molar-refractivity contribution >= 4 is 5.69 Å². The van der Waals surface area contributed by atoms with Crippen LogP contribution in [0.3, 0.4) is 0 Å². The molecule has 2 atom stereocenters. The van der Waals surface area contributed by atoms with Crippen LogP contribution in [0.1, 0.15) is 30.3 Å². The number of nitrogens with zero attached hydrogens (tertiary/aromatic N) is 6. The fourth-order valence-corrected chi connectivity index (χ4v) is 4.59. The Kier molecular flexibility index (Phi) is 5.90. The molecule has 0 aliphatic carbocycles. The van der Waals surface area contributed by atoms with Crippen molar-refractivity contribution in [1.29, 1.82) is 0 Å². The van der Waals surface area contributed by atoms with Crippen LogP contribution in [0.2, 0.25) is 0 Å². The second kappa shape index (κ2) is 9.11. The van der Waals surface area contributed by atoms with Crippen LogP contribution in [0.5, 0.6) is 0 Å². The minimum Gasteiger partial charge on any atom is -0.376 e. The van der Waals surface area contributed by atoms with Gasteiger partial charge < -0.3 is 9.64 Å². The first kappa shape index (κ1) is 20.1. The van der Waals surface area contributed by atoms with Crippen LogP contribution in [0.4, 0.5) is 10.1 Å². The van der Waals surface area contributed by atoms with Crippen LogP contribution in [-0.2, 0) is 11.3 Å². The number of tetrazole rings is 1. The fraction of sp³-hybridized carbons (Fsp3) is 0.435. The second-order valence-corrected chi connectivity index (χ2v) is 8.14. The van der Waals surface area contributed by atoms with E-state index >= 15 is 0 Å². The van der Waals surface area contributed by atoms with E-state index in [4.69, 9.17) is 4.74 Å². The number of aromatic nitrogens is 4. The fourth-order valence-electron chi connectivity index (χ4n) is 4.59. The molecule has 31 heavy (non-hydrogen) atoms. The summed E-state index contributed by atoms with van der Waals surface area (Å²) in [7, 11) is 0. The largest absolute Gasteiger partial charge is 0.376 e. The quantitative estimate of drug-likeness (QED) is 0.609. The maximum Gasteiger partial charge on any atom is 0.173 e. The first-order valence-electron chi connectivity index (χ1n) is 11.0. The molecule has 2 aliphatic heterocycles. The Morgan fingerprint density at radius 2 is 1.77 bits per heavy atom. The van der Waals surface area contributed by atoms with E-state index in [1.165, 1.54) is 11.8 Å². The molecule has 5 rings (SSSR count). The monoisotopic (exact) mass is 422 g/mol. The average molecular weight is 423 g/mol. The second-order valence-electron chi connectivity index (χ2n) is 8.14. The molecule has 3 aromatic rings. The zero-order valence-electron chi connectivity index (χ0n) is 17.5. The SMILES string of the molecule is Fc1ccccc1[C@H](c1nnnn1C[C@@H]1CCCO1)N1CCN(c2ccccc2)CC1. The van der Waals surface area contributed by atoms with Gasteiger partial charge in [0.15, 0.2) is 5.82 Å². The van der Waals surface area contributed by atoms with Crippen molar-refractivity contribution in [1.82, 2.24) is 25.1 Å². The summed E-state index contributed by atoms with van der Waals surface area (Å²) in [5, 5.41) is 12.5. The minimum atomic E-state index is -0.337. The van der Waals surface area contributed by atoms with E-state index in [1.54, 1.807) is 10.7 Å². The molecule has 162 valence electrons. The third kappa shape index (κ3) is 4.31. The van der Waals surface area contributed by atoms with Gasteiger partial charge in [0.2, 0.25) is 0 Å². The molecule has 2 fully saturated rings. The first-order valence-corrected chi connectivity index (χ1v) is 11.0. The van der Waals surface area contributed by atoms with Crippen LogP contribution in [0.15, 0.2) is 54.6 Å². The van der Waals surface area contributed by atoms with E-state index in [-0.39, 0.29) is 18.0 Å². The summed E-state index contributed by atoms with van der Waals surface area (Å²) in [5.74, 6) is 0.443. The van der Waals surface area contributed by atoms with Gasteiger partial charge in [0.25, 0.3) is 0 Å². The van der Waals surface area contributed by atoms with Gasteiger partial charge in [-0.05, 0) is 41.5 Å². The molecule has 0 amide bonds. The van der Waals surface area contributed by atoms with Crippen molar-refractivity contribution < 1.29 is 9.13 Å². The summed E-state index contributed by atoms with van der Waals surface area (Å²) in [6.45, 7) is 4.68. The smallest absolute Gasteiger partial charge is 0.173 e. The maximum absolute atomic E-state index is 14.9. The van der Waals surface area contributed by atoms with Gasteiger partial charge in [-0.2, -0.15) is 0 Å². The Morgan fingerprint density at radius 1 is 1.00 bits per heavy atom. The third-order valence-corrected chi connectivity index (χ3v) is 6.21. The molecule has 0 unspecified atom stereocenters. The summed E-state index contributed by atoms with van der Waals surface area (Å²) in [5.41, 5.74) is 1.83. The number of benzene rings is 2. The van der Waals surface area contributed by atoms with Crippen LogP contribution in [0.25, 0.3) is 0 Å². The standard InChI is InChI=1S/C23H27FN6O/c24-21-11-5-4-10-20(21)22(23-25-26-27-30(23)17-19-9-6-16-31-19)29-14-12-28(13-15-29)18-7-2-1-3-8-18/h1-5,7-8,10-11,19,22H,6,9,12-17H2/t19-,22+/m0/s1. The van der Waals surface area contributed by atoms with E-state index in [0.29, 0.717) is 17.9 Å². The highest BCUT2D eigenvalue weighted by atomic mass is 19.1. The molecule has 2 aliphatic rings. The van der Waals surface area contributed by atoms with Gasteiger partial charge in [-0.25, -0.2) is 9.07 Å². The Hall–Kier alpha value is -2.84. The van der Waals surface area contributed by atoms with Crippen LogP contribution >= 0.6 is 0 Å². The van der Waals surface area contributed by atoms with Crippen LogP contribution in [-0.4, -0.2) is 64.0 Å². The number of hydrogen-bond acceptors (Lipinski definition) is 6. The minimum absolute atomic E-state index is 0.110. The predicted molar refractivity (Wildman–Crippen MR) is 115 cm³/mol. The van der Waals surface area contributed by atoms with Crippen LogP contribution in [0, 0.1) is 5.82 Å². The molecular weight excluding hydrogens is 395 g/mol. The summed E-state index contributed by atoms with van der Waals surface area (Å²) in [4.78, 5) is 4.65. The van der Waals surface area contributed by atoms with E-state index in [1.807, 2.05) is 18.2 Å². The molecule has 8 heteroatoms. The number of para-hydroxylation sites is 1. The number of hydrogen-bond donors (Lipinski definition) is 0. The van der Waals surface area contributed by atoms with Gasteiger partial charge in [0.05, 0.1) is 12.6 Å². The number of rotatable bonds is 6. The van der Waals surface area contributed by atoms with Gasteiger partial charge in [-0.3, -0.25) is 4.90 Å². The Balaban J connectivity index is 1.42. The molecule has 7 nitrogen and oxygen atoms in total. The van der Waals surface area contributed by atoms with E-state index in [2.05, 4.69) is 49.6 Å². The molecule has 2 saturated heterocycles. The topological polar surface area (TPSA) is 59.3 Å². The third-order valence-electron chi connectivity index (χ3n) is 6.21. The highest BCUT2D eigenvalue weighted by Crippen LogP contribution is 2.31. The van der Waals surface area contributed by atoms with Gasteiger partial charge >= 0.3 is 0 Å². The van der Waals surface area contributed by atoms with Crippen molar-refractivity contribution in [2.75, 3.05) is 37.7 Å². The zero-order chi connectivity index (χ0) is 21.0. The lowest BCUT2D eigenvalue weighted by Gasteiger charge is -2.40. The number of ether oxygens (including phenoxy) is 1. The lowest BCUT2D eigenvalue weighted by Crippen LogP contribution is -2.48. The highest BCUT2D eigenvalue weighted by Gasteiger charge is 2.33. The van der Waals surface area contributed by atoms with Crippen molar-refractivity contribution in [3.8, 4) is 0 Å². The van der Waals surface area contributed by atoms with Crippen molar-refractivity contribution in [2.24, 2.45) is 0 Å². The van der Waals surface area contributed by atoms with Crippen molar-refractivity contribution in [3.63, 3.8) is 0 Å². The molecule has 0 spiro atoms. The van der Waals surface area contributed by atoms with E-state index in [0.717, 1.165) is 45.6 Å². The molecule has 2 aromatic carbocycles. The highest BCUT2D eigenvalue weighted by molar-refractivity contribution is 5.46. The lowest BCUT2D eigenvalue weighted by atomic mass is 10.0. The van der Waals surface area contributed by atoms with Gasteiger partial charge in [0, 0.05) is 44.0 Å². The molecule has 0 bridgehead atoms. The zero-order valence-corrected chi connectivity index (χ0v) is 17.5. The molecule has 0 radical (unpaired) electrons. The van der Waals surface area contributed by atoms with Crippen molar-refractivity contribution in [3.05, 3.63) is 71.8 Å². The van der Waals surface area contributed by atoms with Crippen LogP contribution < -0.4 is 4.90 Å². The first-order chi connectivity index (χ1) is 15.3. The molecule has 0 saturated carbocycles. The van der Waals surface area contributed by atoms with Crippen molar-refractivity contribution in [2.45, 2.75) is 31.5 Å². The molecule has 3 heterocycles. The van der Waals surface area contributed by atoms with Gasteiger partial charge in [-0.1, -0.05) is 36.4 Å².